The Kier molecular flexibility index (Phi) is 4.55. The Hall–Kier alpha value is -1.72. The van der Waals surface area contributed by atoms with Crippen LogP contribution < -0.4 is 10.1 Å². The lowest BCUT2D eigenvalue weighted by Gasteiger charge is -2.14. The van der Waals surface area contributed by atoms with Crippen LogP contribution in [0.3, 0.4) is 0 Å². The maximum atomic E-state index is 12.2. The first-order valence-electron chi connectivity index (χ1n) is 7.45. The van der Waals surface area contributed by atoms with Crippen molar-refractivity contribution in [2.45, 2.75) is 12.8 Å². The van der Waals surface area contributed by atoms with Crippen molar-refractivity contribution in [3.8, 4) is 5.75 Å². The molecule has 3 rings (SSSR count). The second-order valence-corrected chi connectivity index (χ2v) is 5.88. The molecular weight excluding hydrogens is 304 g/mol. The average Bonchev–Trinajstić information content (AvgIpc) is 3.15. The number of carbonyl (C=O) groups is 1. The molecule has 0 aliphatic carbocycles. The van der Waals surface area contributed by atoms with Crippen LogP contribution in [0.5, 0.6) is 5.75 Å². The van der Waals surface area contributed by atoms with Crippen LogP contribution in [0, 0.1) is 0 Å². The van der Waals surface area contributed by atoms with Crippen molar-refractivity contribution in [1.82, 2.24) is 10.2 Å². The van der Waals surface area contributed by atoms with E-state index in [1.54, 1.807) is 25.3 Å². The van der Waals surface area contributed by atoms with Crippen LogP contribution >= 0.6 is 11.6 Å². The fourth-order valence-electron chi connectivity index (χ4n) is 2.77. The third-order valence-electron chi connectivity index (χ3n) is 3.90. The summed E-state index contributed by atoms with van der Waals surface area (Å²) in [5.41, 5.74) is 0.539. The van der Waals surface area contributed by atoms with Gasteiger partial charge in [0.1, 0.15) is 0 Å². The number of carbonyl (C=O) groups excluding carboxylic acids is 1. The lowest BCUT2D eigenvalue weighted by molar-refractivity contribution is 0.0924. The van der Waals surface area contributed by atoms with Crippen molar-refractivity contribution in [2.24, 2.45) is 0 Å². The molecule has 1 N–H and O–H groups in total. The zero-order valence-electron chi connectivity index (χ0n) is 12.5. The monoisotopic (exact) mass is 322 g/mol. The maximum Gasteiger partial charge on any atom is 0.287 e. The number of fused-ring (bicyclic) bond motifs is 1. The van der Waals surface area contributed by atoms with Gasteiger partial charge in [-0.25, -0.2) is 0 Å². The summed E-state index contributed by atoms with van der Waals surface area (Å²) in [6.45, 7) is 3.74. The quantitative estimate of drug-likeness (QED) is 0.919. The van der Waals surface area contributed by atoms with Gasteiger partial charge in [-0.15, -0.1) is 0 Å². The fourth-order valence-corrected chi connectivity index (χ4v) is 2.99. The Morgan fingerprint density at radius 3 is 2.86 bits per heavy atom. The van der Waals surface area contributed by atoms with Crippen LogP contribution in [0.2, 0.25) is 5.02 Å². The van der Waals surface area contributed by atoms with Gasteiger partial charge in [0.05, 0.1) is 7.11 Å². The van der Waals surface area contributed by atoms with Gasteiger partial charge in [0, 0.05) is 29.6 Å². The van der Waals surface area contributed by atoms with Gasteiger partial charge in [-0.2, -0.15) is 0 Å². The van der Waals surface area contributed by atoms with Crippen LogP contribution in [-0.2, 0) is 0 Å². The van der Waals surface area contributed by atoms with E-state index < -0.39 is 0 Å². The number of amides is 1. The summed E-state index contributed by atoms with van der Waals surface area (Å²) >= 11 is 6.02. The smallest absolute Gasteiger partial charge is 0.287 e. The van der Waals surface area contributed by atoms with Crippen molar-refractivity contribution in [2.75, 3.05) is 33.3 Å². The number of ether oxygens (including phenoxy) is 1. The first-order chi connectivity index (χ1) is 10.7. The number of nitrogens with one attached hydrogen (secondary N) is 1. The van der Waals surface area contributed by atoms with Crippen molar-refractivity contribution < 1.29 is 13.9 Å². The summed E-state index contributed by atoms with van der Waals surface area (Å²) in [5, 5.41) is 4.20. The number of nitrogens with zero attached hydrogens (tertiary/aromatic N) is 1. The molecule has 0 unspecified atom stereocenters. The van der Waals surface area contributed by atoms with Gasteiger partial charge in [-0.05, 0) is 38.1 Å². The van der Waals surface area contributed by atoms with Gasteiger partial charge >= 0.3 is 0 Å². The van der Waals surface area contributed by atoms with Gasteiger partial charge in [0.25, 0.3) is 5.91 Å². The molecule has 22 heavy (non-hydrogen) atoms. The highest BCUT2D eigenvalue weighted by Crippen LogP contribution is 2.32. The number of likely N-dealkylation sites (tertiary alicyclic amines) is 1. The van der Waals surface area contributed by atoms with Crippen LogP contribution in [0.25, 0.3) is 11.0 Å². The number of methoxy groups -OCH3 is 1. The van der Waals surface area contributed by atoms with Crippen LogP contribution in [0.4, 0.5) is 0 Å². The summed E-state index contributed by atoms with van der Waals surface area (Å²) in [6.07, 6.45) is 2.50. The Labute approximate surface area is 134 Å². The molecule has 118 valence electrons. The predicted octanol–water partition coefficient (Wildman–Crippen LogP) is 2.92. The Morgan fingerprint density at radius 1 is 1.36 bits per heavy atom. The molecule has 0 spiro atoms. The normalized spacial score (nSPS) is 15.4. The van der Waals surface area contributed by atoms with Crippen LogP contribution in [-0.4, -0.2) is 44.1 Å². The van der Waals surface area contributed by atoms with Gasteiger partial charge in [-0.3, -0.25) is 4.79 Å². The molecule has 2 heterocycles. The fraction of sp³-hybridized carbons (Fsp3) is 0.438. The lowest BCUT2D eigenvalue weighted by atomic mass is 10.2. The van der Waals surface area contributed by atoms with E-state index >= 15 is 0 Å². The van der Waals surface area contributed by atoms with E-state index in [2.05, 4.69) is 10.2 Å². The molecule has 0 atom stereocenters. The lowest BCUT2D eigenvalue weighted by Crippen LogP contribution is -2.33. The van der Waals surface area contributed by atoms with E-state index in [0.717, 1.165) is 25.0 Å². The Morgan fingerprint density at radius 2 is 2.14 bits per heavy atom. The minimum absolute atomic E-state index is 0.214. The largest absolute Gasteiger partial charge is 0.493 e. The third kappa shape index (κ3) is 3.20. The van der Waals surface area contributed by atoms with E-state index in [9.17, 15) is 4.79 Å². The van der Waals surface area contributed by atoms with E-state index in [0.29, 0.717) is 22.9 Å². The zero-order valence-corrected chi connectivity index (χ0v) is 13.3. The highest BCUT2D eigenvalue weighted by molar-refractivity contribution is 6.31. The predicted molar refractivity (Wildman–Crippen MR) is 85.8 cm³/mol. The molecule has 1 aromatic heterocycles. The number of benzene rings is 1. The van der Waals surface area contributed by atoms with Crippen LogP contribution in [0.1, 0.15) is 23.4 Å². The number of rotatable bonds is 5. The molecule has 1 aliphatic heterocycles. The number of hydrogen-bond donors (Lipinski definition) is 1. The van der Waals surface area contributed by atoms with Crippen molar-refractivity contribution in [3.63, 3.8) is 0 Å². The molecule has 1 amide bonds. The summed E-state index contributed by atoms with van der Waals surface area (Å²) in [5.74, 6) is 0.587. The molecule has 0 saturated carbocycles. The molecular formula is C16H19ClN2O3. The standard InChI is InChI=1S/C16H19ClN2O3/c1-21-13-10-12(17)8-11-9-14(22-15(11)13)16(20)18-4-7-19-5-2-3-6-19/h8-10H,2-7H2,1H3,(H,18,20). The zero-order chi connectivity index (χ0) is 15.5. The molecule has 6 heteroatoms. The van der Waals surface area contributed by atoms with E-state index in [-0.39, 0.29) is 11.7 Å². The second-order valence-electron chi connectivity index (χ2n) is 5.44. The van der Waals surface area contributed by atoms with Crippen molar-refractivity contribution in [3.05, 3.63) is 29.0 Å². The molecule has 0 radical (unpaired) electrons. The molecule has 2 aromatic rings. The molecule has 1 saturated heterocycles. The first kappa shape index (κ1) is 15.2. The summed E-state index contributed by atoms with van der Waals surface area (Å²) < 4.78 is 10.9. The number of furan rings is 1. The molecule has 1 fully saturated rings. The van der Waals surface area contributed by atoms with Crippen molar-refractivity contribution >= 4 is 28.5 Å². The van der Waals surface area contributed by atoms with Gasteiger partial charge in [-0.1, -0.05) is 11.6 Å². The molecule has 1 aromatic carbocycles. The summed E-state index contributed by atoms with van der Waals surface area (Å²) in [4.78, 5) is 14.5. The minimum atomic E-state index is -0.214. The Balaban J connectivity index is 1.68. The highest BCUT2D eigenvalue weighted by Gasteiger charge is 2.16. The topological polar surface area (TPSA) is 54.7 Å². The minimum Gasteiger partial charge on any atom is -0.493 e. The van der Waals surface area contributed by atoms with Gasteiger partial charge in [0.15, 0.2) is 17.1 Å². The van der Waals surface area contributed by atoms with Gasteiger partial charge in [0.2, 0.25) is 0 Å². The van der Waals surface area contributed by atoms with E-state index in [1.165, 1.54) is 12.8 Å². The van der Waals surface area contributed by atoms with E-state index in [4.69, 9.17) is 20.8 Å². The number of halogens is 1. The maximum absolute atomic E-state index is 12.2. The second kappa shape index (κ2) is 6.58. The summed E-state index contributed by atoms with van der Waals surface area (Å²) in [7, 11) is 1.55. The third-order valence-corrected chi connectivity index (χ3v) is 4.12. The molecule has 0 bridgehead atoms. The molecule has 1 aliphatic rings. The first-order valence-corrected chi connectivity index (χ1v) is 7.83. The Bertz CT molecular complexity index is 677. The summed E-state index contributed by atoms with van der Waals surface area (Å²) in [6, 6.07) is 5.11. The SMILES string of the molecule is COc1cc(Cl)cc2cc(C(=O)NCCN3CCCC3)oc12. The van der Waals surface area contributed by atoms with E-state index in [1.807, 2.05) is 0 Å². The molecule has 5 nitrogen and oxygen atoms in total. The van der Waals surface area contributed by atoms with Crippen LogP contribution in [0.15, 0.2) is 22.6 Å². The van der Waals surface area contributed by atoms with Gasteiger partial charge < -0.3 is 19.4 Å². The average molecular weight is 323 g/mol. The number of hydrogen-bond acceptors (Lipinski definition) is 4. The van der Waals surface area contributed by atoms with Crippen molar-refractivity contribution in [1.29, 1.82) is 0 Å². The highest BCUT2D eigenvalue weighted by atomic mass is 35.5.